The van der Waals surface area contributed by atoms with Crippen LogP contribution in [0.5, 0.6) is 0 Å². The van der Waals surface area contributed by atoms with Crippen LogP contribution >= 0.6 is 11.3 Å². The molecule has 1 N–H and O–H groups in total. The molecule has 1 aromatic heterocycles. The summed E-state index contributed by atoms with van der Waals surface area (Å²) in [5, 5.41) is 2.76. The molecule has 2 rings (SSSR count). The molecule has 1 aliphatic rings. The molecule has 0 bridgehead atoms. The molecular formula is C18H26N2OS. The number of fused-ring (bicyclic) bond motifs is 1. The first kappa shape index (κ1) is 16.7. The van der Waals surface area contributed by atoms with Crippen LogP contribution in [0.25, 0.3) is 5.70 Å². The number of nitrogens with one attached hydrogen (secondary N) is 1. The summed E-state index contributed by atoms with van der Waals surface area (Å²) in [6.45, 7) is 11.7. The number of rotatable bonds is 5. The monoisotopic (exact) mass is 318 g/mol. The summed E-state index contributed by atoms with van der Waals surface area (Å²) < 4.78 is 0. The van der Waals surface area contributed by atoms with E-state index in [9.17, 15) is 4.79 Å². The second kappa shape index (κ2) is 7.05. The molecule has 0 spiro atoms. The summed E-state index contributed by atoms with van der Waals surface area (Å²) >= 11 is 1.89. The molecule has 120 valence electrons. The fourth-order valence-electron chi connectivity index (χ4n) is 2.64. The Bertz CT molecular complexity index is 656. The van der Waals surface area contributed by atoms with E-state index in [4.69, 9.17) is 0 Å². The molecule has 4 heteroatoms. The normalized spacial score (nSPS) is 14.7. The molecule has 1 aliphatic carbocycles. The Morgan fingerprint density at radius 2 is 2.18 bits per heavy atom. The lowest BCUT2D eigenvalue weighted by molar-refractivity contribution is -0.123. The minimum Gasteiger partial charge on any atom is -0.325 e. The zero-order valence-corrected chi connectivity index (χ0v) is 14.6. The SMILES string of the molecule is C=C(C=N/C(=C\C)c1c(C)sc2c1CCC2)NC(=O)C(C)C.[HH]. The van der Waals surface area contributed by atoms with Crippen LogP contribution in [0.15, 0.2) is 23.3 Å². The van der Waals surface area contributed by atoms with Crippen LogP contribution in [0.4, 0.5) is 0 Å². The number of amides is 1. The van der Waals surface area contributed by atoms with Crippen molar-refractivity contribution < 1.29 is 6.22 Å². The van der Waals surface area contributed by atoms with Crippen molar-refractivity contribution in [2.75, 3.05) is 0 Å². The van der Waals surface area contributed by atoms with Gasteiger partial charge in [-0.2, -0.15) is 0 Å². The Labute approximate surface area is 138 Å². The van der Waals surface area contributed by atoms with E-state index in [0.717, 1.165) is 12.1 Å². The number of nitrogens with zero attached hydrogens (tertiary/aromatic N) is 1. The minimum absolute atomic E-state index is 0. The molecule has 0 aromatic carbocycles. The van der Waals surface area contributed by atoms with Crippen LogP contribution in [-0.4, -0.2) is 12.1 Å². The van der Waals surface area contributed by atoms with E-state index in [1.165, 1.54) is 33.7 Å². The predicted octanol–water partition coefficient (Wildman–Crippen LogP) is 4.51. The number of hydrogen-bond donors (Lipinski definition) is 1. The summed E-state index contributed by atoms with van der Waals surface area (Å²) in [6, 6.07) is 0. The Morgan fingerprint density at radius 1 is 1.45 bits per heavy atom. The highest BCUT2D eigenvalue weighted by Crippen LogP contribution is 2.39. The lowest BCUT2D eigenvalue weighted by Gasteiger charge is -2.08. The van der Waals surface area contributed by atoms with Gasteiger partial charge in [-0.25, -0.2) is 0 Å². The third-order valence-corrected chi connectivity index (χ3v) is 5.00. The van der Waals surface area contributed by atoms with Crippen molar-refractivity contribution in [3.63, 3.8) is 0 Å². The minimum atomic E-state index is -0.0614. The van der Waals surface area contributed by atoms with Crippen molar-refractivity contribution in [1.29, 1.82) is 0 Å². The predicted molar refractivity (Wildman–Crippen MR) is 97.5 cm³/mol. The fraction of sp³-hybridized carbons (Fsp3) is 0.444. The van der Waals surface area contributed by atoms with Crippen LogP contribution in [0.2, 0.25) is 0 Å². The molecule has 22 heavy (non-hydrogen) atoms. The molecular weight excluding hydrogens is 292 g/mol. The average molecular weight is 318 g/mol. The third-order valence-electron chi connectivity index (χ3n) is 3.79. The summed E-state index contributed by atoms with van der Waals surface area (Å²) in [6.07, 6.45) is 7.26. The van der Waals surface area contributed by atoms with Crippen LogP contribution in [0.1, 0.15) is 49.5 Å². The van der Waals surface area contributed by atoms with Gasteiger partial charge in [0.25, 0.3) is 0 Å². The summed E-state index contributed by atoms with van der Waals surface area (Å²) in [5.74, 6) is -0.0974. The largest absolute Gasteiger partial charge is 0.325 e. The number of thiophene rings is 1. The second-order valence-corrected chi connectivity index (χ2v) is 7.20. The Balaban J connectivity index is 0.00000264. The van der Waals surface area contributed by atoms with Gasteiger partial charge in [-0.05, 0) is 38.7 Å². The van der Waals surface area contributed by atoms with Crippen molar-refractivity contribution in [2.45, 2.75) is 47.0 Å². The Morgan fingerprint density at radius 3 is 2.82 bits per heavy atom. The molecule has 0 radical (unpaired) electrons. The van der Waals surface area contributed by atoms with Gasteiger partial charge in [0.05, 0.1) is 17.6 Å². The molecule has 0 unspecified atom stereocenters. The average Bonchev–Trinajstić information content (AvgIpc) is 3.01. The Kier molecular flexibility index (Phi) is 5.35. The molecule has 0 saturated heterocycles. The number of aryl methyl sites for hydroxylation is 2. The zero-order chi connectivity index (χ0) is 16.3. The molecule has 0 fully saturated rings. The van der Waals surface area contributed by atoms with Crippen LogP contribution in [0.3, 0.4) is 0 Å². The molecule has 1 aromatic rings. The fourth-order valence-corrected chi connectivity index (χ4v) is 3.92. The molecule has 0 saturated carbocycles. The van der Waals surface area contributed by atoms with E-state index in [1.54, 1.807) is 6.21 Å². The number of hydrogen-bond acceptors (Lipinski definition) is 3. The standard InChI is InChI=1S/C18H24N2OS.H2/c1-6-15(19-10-12(4)20-18(21)11(2)3)17-13(5)22-16-9-7-8-14(16)17;/h6,10-11H,4,7-9H2,1-3,5H3,(H,20,21);1H/b15-6-,19-10?;. The highest BCUT2D eigenvalue weighted by molar-refractivity contribution is 7.12. The topological polar surface area (TPSA) is 41.5 Å². The van der Waals surface area contributed by atoms with Gasteiger partial charge in [0.2, 0.25) is 5.91 Å². The van der Waals surface area contributed by atoms with Crippen molar-refractivity contribution >= 4 is 29.2 Å². The maximum Gasteiger partial charge on any atom is 0.226 e. The van der Waals surface area contributed by atoms with Crippen molar-refractivity contribution in [3.8, 4) is 0 Å². The lowest BCUT2D eigenvalue weighted by atomic mass is 10.1. The number of allylic oxidation sites excluding steroid dienone is 2. The van der Waals surface area contributed by atoms with E-state index in [1.807, 2.05) is 38.2 Å². The van der Waals surface area contributed by atoms with Crippen LogP contribution in [0, 0.1) is 12.8 Å². The maximum atomic E-state index is 11.7. The van der Waals surface area contributed by atoms with Gasteiger partial charge in [0.15, 0.2) is 0 Å². The number of carbonyl (C=O) groups excluding carboxylic acids is 1. The first-order valence-corrected chi connectivity index (χ1v) is 8.57. The van der Waals surface area contributed by atoms with Gasteiger partial charge < -0.3 is 5.32 Å². The molecule has 0 atom stereocenters. The van der Waals surface area contributed by atoms with Crippen molar-refractivity contribution in [3.05, 3.63) is 39.2 Å². The van der Waals surface area contributed by atoms with Gasteiger partial charge in [0.1, 0.15) is 0 Å². The molecule has 3 nitrogen and oxygen atoms in total. The van der Waals surface area contributed by atoms with E-state index in [-0.39, 0.29) is 13.3 Å². The highest BCUT2D eigenvalue weighted by Gasteiger charge is 2.21. The van der Waals surface area contributed by atoms with E-state index < -0.39 is 0 Å². The summed E-state index contributed by atoms with van der Waals surface area (Å²) in [7, 11) is 0. The van der Waals surface area contributed by atoms with Crippen LogP contribution < -0.4 is 5.32 Å². The number of carbonyl (C=O) groups is 1. The first-order chi connectivity index (χ1) is 10.4. The van der Waals surface area contributed by atoms with Gasteiger partial charge in [0, 0.05) is 22.7 Å². The molecule has 1 amide bonds. The van der Waals surface area contributed by atoms with E-state index in [0.29, 0.717) is 5.70 Å². The number of aliphatic imine (C=N–C) groups is 1. The summed E-state index contributed by atoms with van der Waals surface area (Å²) in [4.78, 5) is 19.1. The maximum absolute atomic E-state index is 11.7. The van der Waals surface area contributed by atoms with Crippen LogP contribution in [-0.2, 0) is 17.6 Å². The van der Waals surface area contributed by atoms with Crippen molar-refractivity contribution in [1.82, 2.24) is 5.32 Å². The van der Waals surface area contributed by atoms with Gasteiger partial charge in [-0.3, -0.25) is 9.79 Å². The van der Waals surface area contributed by atoms with E-state index >= 15 is 0 Å². The van der Waals surface area contributed by atoms with E-state index in [2.05, 4.69) is 23.8 Å². The third kappa shape index (κ3) is 3.55. The smallest absolute Gasteiger partial charge is 0.226 e. The van der Waals surface area contributed by atoms with Gasteiger partial charge in [-0.1, -0.05) is 26.5 Å². The van der Waals surface area contributed by atoms with Gasteiger partial charge >= 0.3 is 0 Å². The summed E-state index contributed by atoms with van der Waals surface area (Å²) in [5.41, 5.74) is 4.24. The first-order valence-electron chi connectivity index (χ1n) is 7.75. The van der Waals surface area contributed by atoms with Crippen molar-refractivity contribution in [2.24, 2.45) is 10.9 Å². The molecule has 1 heterocycles. The highest BCUT2D eigenvalue weighted by atomic mass is 32.1. The zero-order valence-electron chi connectivity index (χ0n) is 13.8. The van der Waals surface area contributed by atoms with Gasteiger partial charge in [-0.15, -0.1) is 11.3 Å². The lowest BCUT2D eigenvalue weighted by Crippen LogP contribution is -2.27. The Hall–Kier alpha value is -1.68. The second-order valence-electron chi connectivity index (χ2n) is 5.89. The quantitative estimate of drug-likeness (QED) is 0.797. The molecule has 0 aliphatic heterocycles.